The molecule has 11 aromatic rings. The lowest BCUT2D eigenvalue weighted by Gasteiger charge is -2.17. The van der Waals surface area contributed by atoms with Crippen LogP contribution in [0, 0.1) is 0 Å². The van der Waals surface area contributed by atoms with Gasteiger partial charge in [0.05, 0.1) is 63.4 Å². The van der Waals surface area contributed by atoms with Crippen LogP contribution in [0.5, 0.6) is 0 Å². The predicted octanol–water partition coefficient (Wildman–Crippen LogP) is 13.0. The Hall–Kier alpha value is -9.15. The number of carbonyl (C=O) groups is 5. The van der Waals surface area contributed by atoms with Gasteiger partial charge in [-0.2, -0.15) is 0 Å². The van der Waals surface area contributed by atoms with Crippen molar-refractivity contribution in [3.8, 4) is 55.6 Å². The minimum atomic E-state index is -0.444. The Balaban J connectivity index is 1.33. The number of ether oxygens (including phenoxy) is 5. The van der Waals surface area contributed by atoms with Crippen LogP contribution in [-0.2, 0) is 23.7 Å². The minimum Gasteiger partial charge on any atom is -0.465 e. The van der Waals surface area contributed by atoms with E-state index in [1.54, 1.807) is 60.7 Å². The fourth-order valence-corrected chi connectivity index (χ4v) is 10.2. The summed E-state index contributed by atoms with van der Waals surface area (Å²) in [4.78, 5) is 63.5. The molecule has 0 aromatic heterocycles. The molecule has 0 amide bonds. The summed E-state index contributed by atoms with van der Waals surface area (Å²) in [6, 6.07) is 48.1. The summed E-state index contributed by atoms with van der Waals surface area (Å²) >= 11 is 0. The number of hydrogen-bond donors (Lipinski definition) is 0. The van der Waals surface area contributed by atoms with Crippen molar-refractivity contribution in [1.82, 2.24) is 0 Å². The first kappa shape index (κ1) is 43.4. The van der Waals surface area contributed by atoms with Crippen molar-refractivity contribution in [1.29, 1.82) is 0 Å². The Bertz CT molecular complexity index is 3270. The van der Waals surface area contributed by atoms with Gasteiger partial charge in [0, 0.05) is 0 Å². The minimum absolute atomic E-state index is 0.416. The van der Waals surface area contributed by atoms with Gasteiger partial charge in [-0.25, -0.2) is 24.0 Å². The van der Waals surface area contributed by atoms with E-state index < -0.39 is 29.8 Å². The molecule has 70 heavy (non-hydrogen) atoms. The third-order valence-corrected chi connectivity index (χ3v) is 13.6. The molecule has 11 rings (SSSR count). The Morgan fingerprint density at radius 1 is 0.243 bits per heavy atom. The normalized spacial score (nSPS) is 11.5. The van der Waals surface area contributed by atoms with E-state index in [9.17, 15) is 24.0 Å². The molecule has 0 N–H and O–H groups in total. The van der Waals surface area contributed by atoms with Crippen molar-refractivity contribution >= 4 is 83.7 Å². The largest absolute Gasteiger partial charge is 0.465 e. The average Bonchev–Trinajstić information content (AvgIpc) is 3.79. The zero-order chi connectivity index (χ0) is 48.5. The second kappa shape index (κ2) is 16.9. The van der Waals surface area contributed by atoms with Crippen LogP contribution < -0.4 is 0 Å². The van der Waals surface area contributed by atoms with E-state index in [-0.39, 0.29) is 0 Å². The van der Waals surface area contributed by atoms with Gasteiger partial charge in [-0.15, -0.1) is 0 Å². The molecular weight excluding hydrogens is 881 g/mol. The maximum absolute atomic E-state index is 12.7. The van der Waals surface area contributed by atoms with Crippen LogP contribution in [0.1, 0.15) is 51.8 Å². The van der Waals surface area contributed by atoms with Crippen LogP contribution >= 0.6 is 0 Å². The smallest absolute Gasteiger partial charge is 0.337 e. The van der Waals surface area contributed by atoms with Crippen molar-refractivity contribution < 1.29 is 47.7 Å². The fraction of sp³-hybridized carbons (Fsp3) is 0.0833. The lowest BCUT2D eigenvalue weighted by Crippen LogP contribution is -2.00. The topological polar surface area (TPSA) is 132 Å². The summed E-state index contributed by atoms with van der Waals surface area (Å²) in [5.41, 5.74) is 11.0. The highest BCUT2D eigenvalue weighted by Gasteiger charge is 2.29. The number of methoxy groups -OCH3 is 5. The molecule has 0 radical (unpaired) electrons. The van der Waals surface area contributed by atoms with Crippen LogP contribution in [0.3, 0.4) is 0 Å². The van der Waals surface area contributed by atoms with E-state index in [4.69, 9.17) is 23.7 Å². The number of carbonyl (C=O) groups excluding carboxylic acids is 5. The highest BCUT2D eigenvalue weighted by atomic mass is 16.5. The quantitative estimate of drug-likeness (QED) is 0.0742. The zero-order valence-electron chi connectivity index (χ0n) is 38.5. The lowest BCUT2D eigenvalue weighted by atomic mass is 9.85. The molecule has 0 aliphatic carbocycles. The molecule has 11 aromatic carbocycles. The van der Waals surface area contributed by atoms with Crippen LogP contribution in [0.15, 0.2) is 152 Å². The highest BCUT2D eigenvalue weighted by Crippen LogP contribution is 2.57. The molecule has 0 aliphatic rings. The van der Waals surface area contributed by atoms with Crippen LogP contribution in [0.25, 0.3) is 109 Å². The van der Waals surface area contributed by atoms with Gasteiger partial charge in [-0.3, -0.25) is 0 Å². The summed E-state index contributed by atoms with van der Waals surface area (Å²) in [7, 11) is 6.79. The molecule has 0 bridgehead atoms. The fourth-order valence-electron chi connectivity index (χ4n) is 10.2. The molecule has 0 aliphatic heterocycles. The van der Waals surface area contributed by atoms with E-state index in [1.807, 2.05) is 60.7 Å². The Morgan fingerprint density at radius 3 is 0.514 bits per heavy atom. The van der Waals surface area contributed by atoms with Gasteiger partial charge in [0.15, 0.2) is 0 Å². The first-order chi connectivity index (χ1) is 34.0. The van der Waals surface area contributed by atoms with Crippen molar-refractivity contribution in [3.63, 3.8) is 0 Å². The molecule has 0 heterocycles. The number of hydrogen-bond acceptors (Lipinski definition) is 10. The second-order valence-electron chi connectivity index (χ2n) is 17.1. The molecule has 340 valence electrons. The maximum Gasteiger partial charge on any atom is 0.337 e. The SMILES string of the molecule is COC(=O)c1ccc(-c2cc3c(-c4ccc(C(=O)OC)cc4)cc4c(-c5ccc(C(=O)OC)cc5)cc5c(-c6ccc(C(=O)OC)cc6)cc6c(-c7ccc(C(=O)OC)cc7)cc2c2c6c5c4c32)cc1. The summed E-state index contributed by atoms with van der Waals surface area (Å²) in [5.74, 6) is -2.22. The maximum atomic E-state index is 12.7. The third kappa shape index (κ3) is 6.75. The van der Waals surface area contributed by atoms with Gasteiger partial charge in [-0.05, 0) is 200 Å². The Morgan fingerprint density at radius 2 is 0.386 bits per heavy atom. The highest BCUT2D eigenvalue weighted by molar-refractivity contribution is 6.49. The Kier molecular flexibility index (Phi) is 10.5. The van der Waals surface area contributed by atoms with Crippen LogP contribution in [-0.4, -0.2) is 65.4 Å². The summed E-state index contributed by atoms with van der Waals surface area (Å²) in [5, 5.41) is 10.0. The van der Waals surface area contributed by atoms with Gasteiger partial charge >= 0.3 is 29.8 Å². The van der Waals surface area contributed by atoms with E-state index in [2.05, 4.69) is 30.3 Å². The third-order valence-electron chi connectivity index (χ3n) is 13.6. The summed E-state index contributed by atoms with van der Waals surface area (Å²) < 4.78 is 25.3. The van der Waals surface area contributed by atoms with Gasteiger partial charge < -0.3 is 23.7 Å². The van der Waals surface area contributed by atoms with E-state index in [1.165, 1.54) is 35.5 Å². The average molecular weight is 921 g/mol. The molecule has 0 spiro atoms. The predicted molar refractivity (Wildman–Crippen MR) is 271 cm³/mol. The summed E-state index contributed by atoms with van der Waals surface area (Å²) in [6.07, 6.45) is 0. The molecule has 10 heteroatoms. The molecule has 10 nitrogen and oxygen atoms in total. The van der Waals surface area contributed by atoms with Crippen molar-refractivity contribution in [3.05, 3.63) is 179 Å². The van der Waals surface area contributed by atoms with Crippen LogP contribution in [0.4, 0.5) is 0 Å². The molecule has 0 saturated carbocycles. The van der Waals surface area contributed by atoms with E-state index >= 15 is 0 Å². The molecule has 0 fully saturated rings. The molecular formula is C60H40O10. The van der Waals surface area contributed by atoms with Gasteiger partial charge in [0.1, 0.15) is 0 Å². The first-order valence-electron chi connectivity index (χ1n) is 22.3. The molecule has 0 unspecified atom stereocenters. The lowest BCUT2D eigenvalue weighted by molar-refractivity contribution is 0.0592. The van der Waals surface area contributed by atoms with Gasteiger partial charge in [-0.1, -0.05) is 60.7 Å². The number of rotatable bonds is 10. The first-order valence-corrected chi connectivity index (χ1v) is 22.3. The van der Waals surface area contributed by atoms with Crippen LogP contribution in [0.2, 0.25) is 0 Å². The Labute approximate surface area is 400 Å². The molecule has 0 atom stereocenters. The second-order valence-corrected chi connectivity index (χ2v) is 17.1. The van der Waals surface area contributed by atoms with Gasteiger partial charge in [0.2, 0.25) is 0 Å². The van der Waals surface area contributed by atoms with Crippen molar-refractivity contribution in [2.24, 2.45) is 0 Å². The van der Waals surface area contributed by atoms with Gasteiger partial charge in [0.25, 0.3) is 0 Å². The van der Waals surface area contributed by atoms with E-state index in [0.717, 1.165) is 109 Å². The standard InChI is InChI=1S/C60H40O10/c1-66-56(61)36-16-6-31(7-17-36)41-26-47-43(33-10-20-38(21-11-33)58(63)68-3)28-49-45(35-14-24-40(25-15-35)60(65)70-5)30-50-44(34-12-22-39(23-13-34)59(64)69-4)29-48-42(32-8-18-37(19-9-32)57(62)67-2)27-46(41)51-52(47)54(49)55(50)53(48)51/h6-30H,1-5H3. The van der Waals surface area contributed by atoms with E-state index in [0.29, 0.717) is 27.8 Å². The van der Waals surface area contributed by atoms with Crippen molar-refractivity contribution in [2.45, 2.75) is 0 Å². The molecule has 0 saturated heterocycles. The zero-order valence-corrected chi connectivity index (χ0v) is 38.5. The number of benzene rings is 10. The number of esters is 5. The summed E-state index contributed by atoms with van der Waals surface area (Å²) in [6.45, 7) is 0. The monoisotopic (exact) mass is 920 g/mol. The van der Waals surface area contributed by atoms with Crippen molar-refractivity contribution in [2.75, 3.05) is 35.5 Å².